The lowest BCUT2D eigenvalue weighted by Crippen LogP contribution is -2.50. The maximum Gasteiger partial charge on any atom is 0.410 e. The summed E-state index contributed by atoms with van der Waals surface area (Å²) in [6.45, 7) is 6.66. The van der Waals surface area contributed by atoms with Crippen LogP contribution in [0, 0.1) is 5.82 Å². The van der Waals surface area contributed by atoms with Crippen molar-refractivity contribution in [3.63, 3.8) is 0 Å². The number of nitrogens with zero attached hydrogens (tertiary/aromatic N) is 2. The van der Waals surface area contributed by atoms with E-state index in [1.165, 1.54) is 12.1 Å². The molecule has 0 spiro atoms. The first kappa shape index (κ1) is 13.9. The third-order valence-electron chi connectivity index (χ3n) is 3.38. The number of imidazole rings is 1. The molecule has 6 heteroatoms. The van der Waals surface area contributed by atoms with Crippen LogP contribution in [0.25, 0.3) is 11.0 Å². The van der Waals surface area contributed by atoms with E-state index in [1.54, 1.807) is 11.0 Å². The quantitative estimate of drug-likeness (QED) is 0.878. The zero-order chi connectivity index (χ0) is 15.2. The Morgan fingerprint density at radius 1 is 1.43 bits per heavy atom. The monoisotopic (exact) mass is 291 g/mol. The van der Waals surface area contributed by atoms with Gasteiger partial charge in [-0.1, -0.05) is 0 Å². The van der Waals surface area contributed by atoms with E-state index in [4.69, 9.17) is 4.74 Å². The van der Waals surface area contributed by atoms with Crippen LogP contribution in [0.5, 0.6) is 0 Å². The zero-order valence-corrected chi connectivity index (χ0v) is 12.3. The average Bonchev–Trinajstić information content (AvgIpc) is 2.66. The number of amides is 1. The first-order chi connectivity index (χ1) is 9.82. The number of aromatic amines is 1. The number of H-pyrrole nitrogens is 1. The van der Waals surface area contributed by atoms with Gasteiger partial charge in [-0.2, -0.15) is 0 Å². The van der Waals surface area contributed by atoms with Crippen molar-refractivity contribution in [1.82, 2.24) is 14.9 Å². The van der Waals surface area contributed by atoms with Crippen LogP contribution in [0.15, 0.2) is 18.2 Å². The second-order valence-corrected chi connectivity index (χ2v) is 6.37. The Morgan fingerprint density at radius 2 is 2.14 bits per heavy atom. The molecule has 1 aliphatic heterocycles. The van der Waals surface area contributed by atoms with E-state index in [0.29, 0.717) is 18.6 Å². The van der Waals surface area contributed by atoms with Gasteiger partial charge in [0.25, 0.3) is 0 Å². The van der Waals surface area contributed by atoms with Crippen LogP contribution in [0.2, 0.25) is 0 Å². The van der Waals surface area contributed by atoms with Gasteiger partial charge in [0.05, 0.1) is 17.0 Å². The molecule has 1 amide bonds. The molecule has 0 unspecified atom stereocenters. The lowest BCUT2D eigenvalue weighted by atomic mass is 10.0. The maximum absolute atomic E-state index is 13.2. The molecule has 1 aromatic heterocycles. The molecule has 21 heavy (non-hydrogen) atoms. The number of halogens is 1. The summed E-state index contributed by atoms with van der Waals surface area (Å²) in [4.78, 5) is 21.1. The van der Waals surface area contributed by atoms with Gasteiger partial charge in [-0.25, -0.2) is 14.2 Å². The molecule has 0 saturated carbocycles. The van der Waals surface area contributed by atoms with E-state index in [-0.39, 0.29) is 17.8 Å². The van der Waals surface area contributed by atoms with Crippen LogP contribution >= 0.6 is 0 Å². The molecule has 2 heterocycles. The van der Waals surface area contributed by atoms with Crippen LogP contribution in [0.4, 0.5) is 9.18 Å². The number of ether oxygens (including phenoxy) is 1. The van der Waals surface area contributed by atoms with Crippen molar-refractivity contribution < 1.29 is 13.9 Å². The molecule has 0 radical (unpaired) electrons. The van der Waals surface area contributed by atoms with Gasteiger partial charge in [0.15, 0.2) is 0 Å². The van der Waals surface area contributed by atoms with Crippen molar-refractivity contribution in [2.24, 2.45) is 0 Å². The molecular formula is C15H18FN3O2. The summed E-state index contributed by atoms with van der Waals surface area (Å²) in [6, 6.07) is 4.46. The summed E-state index contributed by atoms with van der Waals surface area (Å²) in [5.41, 5.74) is 0.932. The van der Waals surface area contributed by atoms with Crippen LogP contribution in [-0.2, 0) is 4.74 Å². The van der Waals surface area contributed by atoms with E-state index >= 15 is 0 Å². The van der Waals surface area contributed by atoms with Crippen LogP contribution in [0.1, 0.15) is 32.5 Å². The Bertz CT molecular complexity index is 684. The molecule has 1 aromatic carbocycles. The van der Waals surface area contributed by atoms with Crippen molar-refractivity contribution in [1.29, 1.82) is 0 Å². The highest BCUT2D eigenvalue weighted by molar-refractivity contribution is 5.75. The van der Waals surface area contributed by atoms with E-state index in [2.05, 4.69) is 9.97 Å². The number of hydrogen-bond acceptors (Lipinski definition) is 3. The van der Waals surface area contributed by atoms with E-state index < -0.39 is 5.60 Å². The molecule has 0 bridgehead atoms. The first-order valence-corrected chi connectivity index (χ1v) is 6.95. The van der Waals surface area contributed by atoms with Gasteiger partial charge in [0, 0.05) is 13.1 Å². The smallest absolute Gasteiger partial charge is 0.410 e. The van der Waals surface area contributed by atoms with Crippen LogP contribution in [0.3, 0.4) is 0 Å². The van der Waals surface area contributed by atoms with Crippen molar-refractivity contribution in [2.45, 2.75) is 32.3 Å². The van der Waals surface area contributed by atoms with Gasteiger partial charge in [0.2, 0.25) is 0 Å². The number of fused-ring (bicyclic) bond motifs is 1. The topological polar surface area (TPSA) is 58.2 Å². The second-order valence-electron chi connectivity index (χ2n) is 6.37. The second kappa shape index (κ2) is 4.72. The molecule has 5 nitrogen and oxygen atoms in total. The summed E-state index contributed by atoms with van der Waals surface area (Å²) >= 11 is 0. The van der Waals surface area contributed by atoms with E-state index in [1.807, 2.05) is 20.8 Å². The fourth-order valence-electron chi connectivity index (χ4n) is 2.32. The van der Waals surface area contributed by atoms with Crippen LogP contribution < -0.4 is 0 Å². The number of nitrogens with one attached hydrogen (secondary N) is 1. The number of carbonyl (C=O) groups excluding carboxylic acids is 1. The highest BCUT2D eigenvalue weighted by Gasteiger charge is 2.36. The van der Waals surface area contributed by atoms with Crippen molar-refractivity contribution in [3.8, 4) is 0 Å². The fourth-order valence-corrected chi connectivity index (χ4v) is 2.32. The summed E-state index contributed by atoms with van der Waals surface area (Å²) in [5.74, 6) is 0.644. The van der Waals surface area contributed by atoms with Gasteiger partial charge in [-0.05, 0) is 39.0 Å². The third-order valence-corrected chi connectivity index (χ3v) is 3.38. The van der Waals surface area contributed by atoms with E-state index in [9.17, 15) is 9.18 Å². The summed E-state index contributed by atoms with van der Waals surface area (Å²) in [6.07, 6.45) is -0.305. The molecule has 112 valence electrons. The minimum absolute atomic E-state index is 0.146. The van der Waals surface area contributed by atoms with E-state index in [0.717, 1.165) is 11.3 Å². The maximum atomic E-state index is 13.2. The standard InChI is InChI=1S/C15H18FN3O2/c1-15(2,3)21-14(20)19-7-9(8-19)13-17-11-5-4-10(16)6-12(11)18-13/h4-6,9H,7-8H2,1-3H3,(H,17,18). The zero-order valence-electron chi connectivity index (χ0n) is 12.3. The lowest BCUT2D eigenvalue weighted by Gasteiger charge is -2.38. The molecule has 1 N–H and O–H groups in total. The Kier molecular flexibility index (Phi) is 3.11. The molecule has 0 aliphatic carbocycles. The fraction of sp³-hybridized carbons (Fsp3) is 0.467. The van der Waals surface area contributed by atoms with Gasteiger partial charge in [-0.3, -0.25) is 0 Å². The largest absolute Gasteiger partial charge is 0.444 e. The molecule has 0 atom stereocenters. The lowest BCUT2D eigenvalue weighted by molar-refractivity contribution is 0.00761. The number of aromatic nitrogens is 2. The van der Waals surface area contributed by atoms with Gasteiger partial charge >= 0.3 is 6.09 Å². The molecule has 1 saturated heterocycles. The number of carbonyl (C=O) groups is 1. The molecule has 1 aliphatic rings. The highest BCUT2D eigenvalue weighted by Crippen LogP contribution is 2.28. The normalized spacial score (nSPS) is 16.1. The number of benzene rings is 1. The Hall–Kier alpha value is -2.11. The number of hydrogen-bond donors (Lipinski definition) is 1. The van der Waals surface area contributed by atoms with Crippen molar-refractivity contribution >= 4 is 17.1 Å². The van der Waals surface area contributed by atoms with Gasteiger partial charge in [0.1, 0.15) is 17.2 Å². The average molecular weight is 291 g/mol. The molecule has 3 rings (SSSR count). The Balaban J connectivity index is 1.66. The summed E-state index contributed by atoms with van der Waals surface area (Å²) < 4.78 is 18.5. The van der Waals surface area contributed by atoms with Crippen molar-refractivity contribution in [3.05, 3.63) is 29.8 Å². The minimum Gasteiger partial charge on any atom is -0.444 e. The third kappa shape index (κ3) is 2.84. The number of likely N-dealkylation sites (tertiary alicyclic amines) is 1. The predicted octanol–water partition coefficient (Wildman–Crippen LogP) is 3.04. The summed E-state index contributed by atoms with van der Waals surface area (Å²) in [7, 11) is 0. The Morgan fingerprint density at radius 3 is 2.81 bits per heavy atom. The van der Waals surface area contributed by atoms with Crippen LogP contribution in [-0.4, -0.2) is 39.7 Å². The minimum atomic E-state index is -0.487. The molecule has 1 fully saturated rings. The number of rotatable bonds is 1. The molecule has 2 aromatic rings. The Labute approximate surface area is 122 Å². The predicted molar refractivity (Wildman–Crippen MR) is 76.6 cm³/mol. The summed E-state index contributed by atoms with van der Waals surface area (Å²) in [5, 5.41) is 0. The SMILES string of the molecule is CC(C)(C)OC(=O)N1CC(c2nc3ccc(F)cc3[nH]2)C1. The highest BCUT2D eigenvalue weighted by atomic mass is 19.1. The van der Waals surface area contributed by atoms with Gasteiger partial charge < -0.3 is 14.6 Å². The van der Waals surface area contributed by atoms with Gasteiger partial charge in [-0.15, -0.1) is 0 Å². The molecular weight excluding hydrogens is 273 g/mol. The first-order valence-electron chi connectivity index (χ1n) is 6.95. The van der Waals surface area contributed by atoms with Crippen molar-refractivity contribution in [2.75, 3.05) is 13.1 Å².